The Hall–Kier alpha value is -2.59. The maximum absolute atomic E-state index is 13.2. The summed E-state index contributed by atoms with van der Waals surface area (Å²) in [4.78, 5) is 28.1. The minimum absolute atomic E-state index is 0.0511. The molecule has 0 atom stereocenters. The van der Waals surface area contributed by atoms with Gasteiger partial charge in [-0.25, -0.2) is 0 Å². The minimum Gasteiger partial charge on any atom is -0.339 e. The predicted molar refractivity (Wildman–Crippen MR) is 111 cm³/mol. The fourth-order valence-corrected chi connectivity index (χ4v) is 3.30. The van der Waals surface area contributed by atoms with Crippen LogP contribution in [0, 0.1) is 0 Å². The summed E-state index contributed by atoms with van der Waals surface area (Å²) in [6, 6.07) is 14.3. The van der Waals surface area contributed by atoms with Crippen LogP contribution in [0.15, 0.2) is 59.5 Å². The second kappa shape index (κ2) is 8.40. The van der Waals surface area contributed by atoms with E-state index in [1.54, 1.807) is 36.5 Å². The SMILES string of the molecule is CCCCN(CC)C(=O)c1cn(-c2ccc(Cl)cc2)c(=O)c2ccccc12. The van der Waals surface area contributed by atoms with Crippen LogP contribution in [0.25, 0.3) is 16.5 Å². The molecule has 1 aromatic heterocycles. The van der Waals surface area contributed by atoms with Crippen molar-refractivity contribution in [2.24, 2.45) is 0 Å². The molecule has 0 N–H and O–H groups in total. The zero-order valence-electron chi connectivity index (χ0n) is 15.6. The number of benzene rings is 2. The van der Waals surface area contributed by atoms with Crippen LogP contribution in [-0.4, -0.2) is 28.5 Å². The molecule has 0 fully saturated rings. The van der Waals surface area contributed by atoms with Crippen molar-refractivity contribution in [2.45, 2.75) is 26.7 Å². The summed E-state index contributed by atoms with van der Waals surface area (Å²) in [6.07, 6.45) is 3.63. The number of halogens is 1. The molecule has 3 aromatic rings. The number of amides is 1. The quantitative estimate of drug-likeness (QED) is 0.608. The molecule has 0 unspecified atom stereocenters. The number of hydrogen-bond donors (Lipinski definition) is 0. The largest absolute Gasteiger partial charge is 0.339 e. The van der Waals surface area contributed by atoms with Crippen molar-refractivity contribution in [2.75, 3.05) is 13.1 Å². The van der Waals surface area contributed by atoms with Crippen molar-refractivity contribution in [1.82, 2.24) is 9.47 Å². The zero-order chi connectivity index (χ0) is 19.4. The highest BCUT2D eigenvalue weighted by Gasteiger charge is 2.19. The van der Waals surface area contributed by atoms with E-state index in [1.165, 1.54) is 4.57 Å². The van der Waals surface area contributed by atoms with E-state index in [2.05, 4.69) is 6.92 Å². The van der Waals surface area contributed by atoms with Crippen LogP contribution < -0.4 is 5.56 Å². The third-order valence-electron chi connectivity index (χ3n) is 4.71. The lowest BCUT2D eigenvalue weighted by molar-refractivity contribution is 0.0763. The molecule has 1 amide bonds. The van der Waals surface area contributed by atoms with Crippen LogP contribution in [-0.2, 0) is 0 Å². The molecule has 0 saturated heterocycles. The van der Waals surface area contributed by atoms with Crippen molar-refractivity contribution < 1.29 is 4.79 Å². The van der Waals surface area contributed by atoms with E-state index < -0.39 is 0 Å². The van der Waals surface area contributed by atoms with E-state index in [9.17, 15) is 9.59 Å². The van der Waals surface area contributed by atoms with Gasteiger partial charge in [0.1, 0.15) is 0 Å². The Balaban J connectivity index is 2.19. The van der Waals surface area contributed by atoms with Gasteiger partial charge in [0.2, 0.25) is 0 Å². The average molecular weight is 383 g/mol. The van der Waals surface area contributed by atoms with Crippen LogP contribution in [0.2, 0.25) is 5.02 Å². The fourth-order valence-electron chi connectivity index (χ4n) is 3.18. The molecule has 140 valence electrons. The van der Waals surface area contributed by atoms with Gasteiger partial charge in [0.15, 0.2) is 0 Å². The molecule has 0 radical (unpaired) electrons. The van der Waals surface area contributed by atoms with Crippen LogP contribution in [0.3, 0.4) is 0 Å². The van der Waals surface area contributed by atoms with Crippen molar-refractivity contribution in [3.63, 3.8) is 0 Å². The van der Waals surface area contributed by atoms with E-state index in [-0.39, 0.29) is 11.5 Å². The Bertz CT molecular complexity index is 1010. The molecule has 2 aromatic carbocycles. The lowest BCUT2D eigenvalue weighted by atomic mass is 10.1. The minimum atomic E-state index is -0.152. The van der Waals surface area contributed by atoms with Crippen molar-refractivity contribution >= 4 is 28.3 Å². The normalized spacial score (nSPS) is 10.9. The first-order valence-electron chi connectivity index (χ1n) is 9.26. The van der Waals surface area contributed by atoms with E-state index >= 15 is 0 Å². The number of carbonyl (C=O) groups is 1. The van der Waals surface area contributed by atoms with Gasteiger partial charge in [-0.2, -0.15) is 0 Å². The summed E-state index contributed by atoms with van der Waals surface area (Å²) in [7, 11) is 0. The monoisotopic (exact) mass is 382 g/mol. The first-order chi connectivity index (χ1) is 13.1. The molecular weight excluding hydrogens is 360 g/mol. The maximum Gasteiger partial charge on any atom is 0.262 e. The molecule has 0 bridgehead atoms. The predicted octanol–water partition coefficient (Wildman–Crippen LogP) is 4.91. The summed E-state index contributed by atoms with van der Waals surface area (Å²) >= 11 is 5.98. The van der Waals surface area contributed by atoms with Crippen LogP contribution in [0.5, 0.6) is 0 Å². The topological polar surface area (TPSA) is 42.3 Å². The zero-order valence-corrected chi connectivity index (χ0v) is 16.4. The average Bonchev–Trinajstić information content (AvgIpc) is 2.70. The molecule has 0 aliphatic heterocycles. The Morgan fingerprint density at radius 2 is 1.70 bits per heavy atom. The summed E-state index contributed by atoms with van der Waals surface area (Å²) in [5.41, 5.74) is 1.07. The van der Waals surface area contributed by atoms with Gasteiger partial charge in [-0.3, -0.25) is 14.2 Å². The van der Waals surface area contributed by atoms with Gasteiger partial charge >= 0.3 is 0 Å². The van der Waals surface area contributed by atoms with E-state index in [4.69, 9.17) is 11.6 Å². The number of fused-ring (bicyclic) bond motifs is 1. The number of pyridine rings is 1. The lowest BCUT2D eigenvalue weighted by Crippen LogP contribution is -2.33. The van der Waals surface area contributed by atoms with Crippen LogP contribution >= 0.6 is 11.6 Å². The molecular formula is C22H23ClN2O2. The molecule has 1 heterocycles. The molecule has 3 rings (SSSR count). The second-order valence-electron chi connectivity index (χ2n) is 6.48. The van der Waals surface area contributed by atoms with Crippen LogP contribution in [0.1, 0.15) is 37.0 Å². The highest BCUT2D eigenvalue weighted by atomic mass is 35.5. The van der Waals surface area contributed by atoms with Gasteiger partial charge in [0.25, 0.3) is 11.5 Å². The smallest absolute Gasteiger partial charge is 0.262 e. The number of aromatic nitrogens is 1. The molecule has 0 aliphatic carbocycles. The summed E-state index contributed by atoms with van der Waals surface area (Å²) in [6.45, 7) is 5.42. The molecule has 5 heteroatoms. The molecule has 0 saturated carbocycles. The van der Waals surface area contributed by atoms with Crippen molar-refractivity contribution in [3.8, 4) is 5.69 Å². The Morgan fingerprint density at radius 3 is 2.33 bits per heavy atom. The Morgan fingerprint density at radius 1 is 1.04 bits per heavy atom. The number of unbranched alkanes of at least 4 members (excludes halogenated alkanes) is 1. The third-order valence-corrected chi connectivity index (χ3v) is 4.96. The number of rotatable bonds is 6. The lowest BCUT2D eigenvalue weighted by Gasteiger charge is -2.22. The van der Waals surface area contributed by atoms with Gasteiger partial charge in [-0.1, -0.05) is 43.1 Å². The van der Waals surface area contributed by atoms with Crippen LogP contribution in [0.4, 0.5) is 0 Å². The van der Waals surface area contributed by atoms with Gasteiger partial charge in [-0.15, -0.1) is 0 Å². The first kappa shape index (κ1) is 19.2. The van der Waals surface area contributed by atoms with Crippen molar-refractivity contribution in [1.29, 1.82) is 0 Å². The maximum atomic E-state index is 13.2. The van der Waals surface area contributed by atoms with Gasteiger partial charge in [0, 0.05) is 40.8 Å². The van der Waals surface area contributed by atoms with E-state index in [0.717, 1.165) is 12.8 Å². The van der Waals surface area contributed by atoms with E-state index in [0.29, 0.717) is 40.1 Å². The summed E-state index contributed by atoms with van der Waals surface area (Å²) in [5.74, 6) is -0.0511. The molecule has 27 heavy (non-hydrogen) atoms. The van der Waals surface area contributed by atoms with Crippen molar-refractivity contribution in [3.05, 3.63) is 75.7 Å². The number of nitrogens with zero attached hydrogens (tertiary/aromatic N) is 2. The first-order valence-corrected chi connectivity index (χ1v) is 9.64. The molecule has 0 spiro atoms. The second-order valence-corrected chi connectivity index (χ2v) is 6.91. The Labute approximate surface area is 164 Å². The molecule has 0 aliphatic rings. The highest BCUT2D eigenvalue weighted by molar-refractivity contribution is 6.30. The fraction of sp³-hybridized carbons (Fsp3) is 0.273. The van der Waals surface area contributed by atoms with Gasteiger partial charge in [0.05, 0.1) is 5.56 Å². The summed E-state index contributed by atoms with van der Waals surface area (Å²) in [5, 5.41) is 1.82. The third kappa shape index (κ3) is 3.91. The van der Waals surface area contributed by atoms with Gasteiger partial charge in [-0.05, 0) is 43.7 Å². The standard InChI is InChI=1S/C22H23ClN2O2/c1-3-5-14-24(4-2)21(26)20-15-25(17-12-10-16(23)11-13-17)22(27)19-9-7-6-8-18(19)20/h6-13,15H,3-5,14H2,1-2H3. The van der Waals surface area contributed by atoms with E-state index in [1.807, 2.05) is 30.0 Å². The molecule has 4 nitrogen and oxygen atoms in total. The summed E-state index contributed by atoms with van der Waals surface area (Å²) < 4.78 is 1.53. The highest BCUT2D eigenvalue weighted by Crippen LogP contribution is 2.20. The van der Waals surface area contributed by atoms with Gasteiger partial charge < -0.3 is 4.90 Å². The number of hydrogen-bond acceptors (Lipinski definition) is 2. The number of carbonyl (C=O) groups excluding carboxylic acids is 1. The Kier molecular flexibility index (Phi) is 5.97.